The van der Waals surface area contributed by atoms with Crippen LogP contribution in [-0.2, 0) is 6.42 Å². The fourth-order valence-corrected chi connectivity index (χ4v) is 2.64. The molecule has 0 radical (unpaired) electrons. The number of benzene rings is 1. The summed E-state index contributed by atoms with van der Waals surface area (Å²) in [6.45, 7) is 2.22. The topological polar surface area (TPSA) is 0 Å². The first-order valence-electron chi connectivity index (χ1n) is 6.49. The highest BCUT2D eigenvalue weighted by molar-refractivity contribution is 5.25. The van der Waals surface area contributed by atoms with E-state index in [4.69, 9.17) is 0 Å². The molecule has 1 aromatic rings. The maximum Gasteiger partial charge on any atom is -0.0162 e. The molecule has 1 aromatic carbocycles. The van der Waals surface area contributed by atoms with Gasteiger partial charge in [0.25, 0.3) is 0 Å². The van der Waals surface area contributed by atoms with Crippen LogP contribution in [0.25, 0.3) is 0 Å². The van der Waals surface area contributed by atoms with E-state index < -0.39 is 0 Å². The zero-order chi connectivity index (χ0) is 10.5. The second-order valence-corrected chi connectivity index (χ2v) is 4.78. The molecule has 0 aromatic heterocycles. The second kappa shape index (κ2) is 5.34. The van der Waals surface area contributed by atoms with E-state index in [2.05, 4.69) is 31.2 Å². The highest BCUT2D eigenvalue weighted by Gasteiger charge is 2.13. The number of aryl methyl sites for hydroxylation is 1. The molecular formula is C15H22. The molecule has 0 amide bonds. The lowest BCUT2D eigenvalue weighted by Gasteiger charge is -2.14. The van der Waals surface area contributed by atoms with Crippen molar-refractivity contribution < 1.29 is 0 Å². The first-order chi connectivity index (χ1) is 7.40. The molecule has 1 saturated carbocycles. The highest BCUT2D eigenvalue weighted by Crippen LogP contribution is 2.31. The monoisotopic (exact) mass is 202 g/mol. The van der Waals surface area contributed by atoms with Gasteiger partial charge in [0.1, 0.15) is 0 Å². The highest BCUT2D eigenvalue weighted by atomic mass is 14.2. The molecule has 1 aliphatic carbocycles. The normalized spacial score (nSPS) is 18.7. The van der Waals surface area contributed by atoms with Crippen molar-refractivity contribution in [1.82, 2.24) is 0 Å². The van der Waals surface area contributed by atoms with Gasteiger partial charge in [0, 0.05) is 0 Å². The Morgan fingerprint density at radius 1 is 0.933 bits per heavy atom. The van der Waals surface area contributed by atoms with Crippen LogP contribution in [0.15, 0.2) is 24.3 Å². The van der Waals surface area contributed by atoms with Crippen molar-refractivity contribution in [2.75, 3.05) is 0 Å². The molecule has 0 heterocycles. The number of hydrogen-bond acceptors (Lipinski definition) is 0. The maximum atomic E-state index is 2.36. The summed E-state index contributed by atoms with van der Waals surface area (Å²) in [5, 5.41) is 0. The Bertz CT molecular complexity index is 275. The summed E-state index contributed by atoms with van der Waals surface area (Å²) < 4.78 is 0. The molecule has 0 nitrogen and oxygen atoms in total. The Balaban J connectivity index is 2.06. The van der Waals surface area contributed by atoms with Gasteiger partial charge in [-0.1, -0.05) is 56.9 Å². The van der Waals surface area contributed by atoms with Gasteiger partial charge < -0.3 is 0 Å². The van der Waals surface area contributed by atoms with Crippen molar-refractivity contribution in [1.29, 1.82) is 0 Å². The summed E-state index contributed by atoms with van der Waals surface area (Å²) in [5.41, 5.74) is 3.04. The van der Waals surface area contributed by atoms with Gasteiger partial charge in [0.05, 0.1) is 0 Å². The SMILES string of the molecule is CCc1ccc(C2CCCCCC2)cc1. The van der Waals surface area contributed by atoms with Gasteiger partial charge in [-0.3, -0.25) is 0 Å². The lowest BCUT2D eigenvalue weighted by Crippen LogP contribution is -1.97. The Morgan fingerprint density at radius 3 is 2.07 bits per heavy atom. The van der Waals surface area contributed by atoms with E-state index >= 15 is 0 Å². The van der Waals surface area contributed by atoms with Crippen LogP contribution >= 0.6 is 0 Å². The Morgan fingerprint density at radius 2 is 1.53 bits per heavy atom. The minimum absolute atomic E-state index is 0.846. The summed E-state index contributed by atoms with van der Waals surface area (Å²) in [7, 11) is 0. The fraction of sp³-hybridized carbons (Fsp3) is 0.600. The number of hydrogen-bond donors (Lipinski definition) is 0. The average molecular weight is 202 g/mol. The molecule has 82 valence electrons. The van der Waals surface area contributed by atoms with Crippen molar-refractivity contribution in [3.8, 4) is 0 Å². The van der Waals surface area contributed by atoms with Crippen LogP contribution < -0.4 is 0 Å². The summed E-state index contributed by atoms with van der Waals surface area (Å²) in [5.74, 6) is 0.846. The fourth-order valence-electron chi connectivity index (χ4n) is 2.64. The number of rotatable bonds is 2. The third kappa shape index (κ3) is 2.84. The van der Waals surface area contributed by atoms with Gasteiger partial charge in [-0.25, -0.2) is 0 Å². The molecule has 0 bridgehead atoms. The quantitative estimate of drug-likeness (QED) is 0.610. The van der Waals surface area contributed by atoms with Crippen LogP contribution in [0.3, 0.4) is 0 Å². The summed E-state index contributed by atoms with van der Waals surface area (Å²) in [6.07, 6.45) is 9.73. The van der Waals surface area contributed by atoms with Crippen molar-refractivity contribution >= 4 is 0 Å². The first-order valence-corrected chi connectivity index (χ1v) is 6.49. The predicted octanol–water partition coefficient (Wildman–Crippen LogP) is 4.69. The maximum absolute atomic E-state index is 2.36. The average Bonchev–Trinajstić information content (AvgIpc) is 2.58. The van der Waals surface area contributed by atoms with Crippen LogP contribution in [0.5, 0.6) is 0 Å². The van der Waals surface area contributed by atoms with Gasteiger partial charge in [0.2, 0.25) is 0 Å². The van der Waals surface area contributed by atoms with Gasteiger partial charge in [-0.15, -0.1) is 0 Å². The molecule has 0 atom stereocenters. The van der Waals surface area contributed by atoms with Crippen LogP contribution in [0.1, 0.15) is 62.5 Å². The van der Waals surface area contributed by atoms with Gasteiger partial charge in [0.15, 0.2) is 0 Å². The minimum Gasteiger partial charge on any atom is -0.0613 e. The largest absolute Gasteiger partial charge is 0.0613 e. The molecule has 1 aliphatic rings. The van der Waals surface area contributed by atoms with Crippen LogP contribution in [-0.4, -0.2) is 0 Å². The smallest absolute Gasteiger partial charge is 0.0162 e. The van der Waals surface area contributed by atoms with Crippen molar-refractivity contribution in [2.45, 2.75) is 57.8 Å². The van der Waals surface area contributed by atoms with Crippen molar-refractivity contribution in [3.05, 3.63) is 35.4 Å². The third-order valence-corrected chi connectivity index (χ3v) is 3.71. The van der Waals surface area contributed by atoms with E-state index in [0.29, 0.717) is 0 Å². The molecule has 0 unspecified atom stereocenters. The van der Waals surface area contributed by atoms with Crippen LogP contribution in [0, 0.1) is 0 Å². The molecule has 0 N–H and O–H groups in total. The summed E-state index contributed by atoms with van der Waals surface area (Å²) in [4.78, 5) is 0. The zero-order valence-electron chi connectivity index (χ0n) is 9.84. The van der Waals surface area contributed by atoms with E-state index in [1.54, 1.807) is 5.56 Å². The van der Waals surface area contributed by atoms with E-state index in [-0.39, 0.29) is 0 Å². The molecule has 0 spiro atoms. The molecule has 2 rings (SSSR count). The van der Waals surface area contributed by atoms with Gasteiger partial charge in [-0.2, -0.15) is 0 Å². The van der Waals surface area contributed by atoms with Gasteiger partial charge in [-0.05, 0) is 36.3 Å². The summed E-state index contributed by atoms with van der Waals surface area (Å²) >= 11 is 0. The Labute approximate surface area is 93.7 Å². The summed E-state index contributed by atoms with van der Waals surface area (Å²) in [6, 6.07) is 9.32. The van der Waals surface area contributed by atoms with Gasteiger partial charge >= 0.3 is 0 Å². The van der Waals surface area contributed by atoms with Crippen LogP contribution in [0.2, 0.25) is 0 Å². The Kier molecular flexibility index (Phi) is 3.82. The van der Waals surface area contributed by atoms with E-state index in [0.717, 1.165) is 12.3 Å². The first kappa shape index (κ1) is 10.7. The molecule has 1 fully saturated rings. The van der Waals surface area contributed by atoms with E-state index in [1.807, 2.05) is 0 Å². The molecule has 15 heavy (non-hydrogen) atoms. The molecule has 0 aliphatic heterocycles. The lowest BCUT2D eigenvalue weighted by atomic mass is 9.91. The van der Waals surface area contributed by atoms with Crippen molar-refractivity contribution in [3.63, 3.8) is 0 Å². The zero-order valence-corrected chi connectivity index (χ0v) is 9.84. The standard InChI is InChI=1S/C15H22/c1-2-13-9-11-15(12-10-13)14-7-5-3-4-6-8-14/h9-12,14H,2-8H2,1H3. The van der Waals surface area contributed by atoms with Crippen molar-refractivity contribution in [2.24, 2.45) is 0 Å². The molecule has 0 heteroatoms. The molecular weight excluding hydrogens is 180 g/mol. The van der Waals surface area contributed by atoms with Crippen LogP contribution in [0.4, 0.5) is 0 Å². The van der Waals surface area contributed by atoms with E-state index in [1.165, 1.54) is 44.1 Å². The third-order valence-electron chi connectivity index (χ3n) is 3.71. The molecule has 0 saturated heterocycles. The minimum atomic E-state index is 0.846. The van der Waals surface area contributed by atoms with E-state index in [9.17, 15) is 0 Å². The second-order valence-electron chi connectivity index (χ2n) is 4.78. The predicted molar refractivity (Wildman–Crippen MR) is 66.3 cm³/mol. The Hall–Kier alpha value is -0.780. The lowest BCUT2D eigenvalue weighted by molar-refractivity contribution is 0.592.